The first-order valence-corrected chi connectivity index (χ1v) is 6.58. The predicted octanol–water partition coefficient (Wildman–Crippen LogP) is 2.50. The summed E-state index contributed by atoms with van der Waals surface area (Å²) in [5.41, 5.74) is 10.2. The maximum atomic E-state index is 11.0. The highest BCUT2D eigenvalue weighted by Crippen LogP contribution is 2.15. The summed E-state index contributed by atoms with van der Waals surface area (Å²) in [6.07, 6.45) is 2.16. The number of benzene rings is 1. The molecule has 0 heterocycles. The SMILES string of the molecule is CO.COC(=O)CCCc1ccc(C(N)=C(C)C)cc1. The fourth-order valence-electron chi connectivity index (χ4n) is 1.68. The van der Waals surface area contributed by atoms with Gasteiger partial charge in [0.2, 0.25) is 0 Å². The Balaban J connectivity index is 0.00000172. The van der Waals surface area contributed by atoms with Gasteiger partial charge in [0.15, 0.2) is 0 Å². The van der Waals surface area contributed by atoms with E-state index < -0.39 is 0 Å². The van der Waals surface area contributed by atoms with Gasteiger partial charge < -0.3 is 15.6 Å². The van der Waals surface area contributed by atoms with E-state index in [1.807, 2.05) is 26.0 Å². The van der Waals surface area contributed by atoms with Gasteiger partial charge in [-0.3, -0.25) is 4.79 Å². The number of hydrogen-bond acceptors (Lipinski definition) is 4. The molecular weight excluding hydrogens is 254 g/mol. The van der Waals surface area contributed by atoms with Crippen LogP contribution >= 0.6 is 0 Å². The molecule has 0 aliphatic heterocycles. The molecule has 3 N–H and O–H groups in total. The standard InChI is InChI=1S/C15H21NO2.CH4O/c1-11(2)15(16)13-9-7-12(8-10-13)5-4-6-14(17)18-3;1-2/h7-10H,4-6,16H2,1-3H3;2H,1H3. The van der Waals surface area contributed by atoms with Crippen molar-refractivity contribution in [1.29, 1.82) is 0 Å². The summed E-state index contributed by atoms with van der Waals surface area (Å²) in [5, 5.41) is 7.00. The van der Waals surface area contributed by atoms with Crippen molar-refractivity contribution in [2.24, 2.45) is 5.73 Å². The molecule has 0 atom stereocenters. The number of ether oxygens (including phenoxy) is 1. The van der Waals surface area contributed by atoms with Crippen LogP contribution in [0.15, 0.2) is 29.8 Å². The Labute approximate surface area is 121 Å². The van der Waals surface area contributed by atoms with Crippen LogP contribution in [0, 0.1) is 0 Å². The molecule has 0 bridgehead atoms. The van der Waals surface area contributed by atoms with Gasteiger partial charge in [-0.2, -0.15) is 0 Å². The molecule has 0 aliphatic rings. The molecule has 0 saturated heterocycles. The van der Waals surface area contributed by atoms with Gasteiger partial charge in [0, 0.05) is 19.2 Å². The van der Waals surface area contributed by atoms with E-state index in [4.69, 9.17) is 10.8 Å². The molecular formula is C16H25NO3. The van der Waals surface area contributed by atoms with E-state index in [2.05, 4.69) is 16.9 Å². The molecule has 0 unspecified atom stereocenters. The molecule has 1 aromatic carbocycles. The third-order valence-corrected chi connectivity index (χ3v) is 2.88. The highest BCUT2D eigenvalue weighted by Gasteiger charge is 2.02. The van der Waals surface area contributed by atoms with Gasteiger partial charge >= 0.3 is 5.97 Å². The largest absolute Gasteiger partial charge is 0.469 e. The van der Waals surface area contributed by atoms with E-state index in [0.29, 0.717) is 6.42 Å². The second-order valence-corrected chi connectivity index (χ2v) is 4.54. The lowest BCUT2D eigenvalue weighted by molar-refractivity contribution is -0.140. The van der Waals surface area contributed by atoms with Gasteiger partial charge in [0.05, 0.1) is 7.11 Å². The van der Waals surface area contributed by atoms with E-state index in [1.165, 1.54) is 12.7 Å². The van der Waals surface area contributed by atoms with Gasteiger partial charge in [0.25, 0.3) is 0 Å². The van der Waals surface area contributed by atoms with E-state index in [-0.39, 0.29) is 5.97 Å². The highest BCUT2D eigenvalue weighted by molar-refractivity contribution is 5.69. The Morgan fingerprint density at radius 3 is 2.20 bits per heavy atom. The van der Waals surface area contributed by atoms with Crippen molar-refractivity contribution in [3.05, 3.63) is 41.0 Å². The van der Waals surface area contributed by atoms with Crippen LogP contribution in [0.1, 0.15) is 37.8 Å². The fourth-order valence-corrected chi connectivity index (χ4v) is 1.68. The summed E-state index contributed by atoms with van der Waals surface area (Å²) in [4.78, 5) is 11.0. The fraction of sp³-hybridized carbons (Fsp3) is 0.438. The second-order valence-electron chi connectivity index (χ2n) is 4.54. The second kappa shape index (κ2) is 10.0. The molecule has 0 fully saturated rings. The van der Waals surface area contributed by atoms with Gasteiger partial charge in [-0.05, 0) is 37.8 Å². The van der Waals surface area contributed by atoms with Gasteiger partial charge in [-0.1, -0.05) is 29.8 Å². The molecule has 1 rings (SSSR count). The number of aliphatic hydroxyl groups is 1. The number of aryl methyl sites for hydroxylation is 1. The van der Waals surface area contributed by atoms with Crippen molar-refractivity contribution in [2.75, 3.05) is 14.2 Å². The minimum Gasteiger partial charge on any atom is -0.469 e. The first-order chi connectivity index (χ1) is 9.54. The maximum absolute atomic E-state index is 11.0. The normalized spacial score (nSPS) is 9.25. The lowest BCUT2D eigenvalue weighted by Crippen LogP contribution is -2.01. The predicted molar refractivity (Wildman–Crippen MR) is 82.0 cm³/mol. The molecule has 4 nitrogen and oxygen atoms in total. The number of aliphatic hydroxyl groups excluding tert-OH is 1. The number of allylic oxidation sites excluding steroid dienone is 1. The molecule has 0 amide bonds. The van der Waals surface area contributed by atoms with Crippen LogP contribution < -0.4 is 5.73 Å². The average molecular weight is 279 g/mol. The summed E-state index contributed by atoms with van der Waals surface area (Å²) in [6.45, 7) is 4.00. The van der Waals surface area contributed by atoms with E-state index in [9.17, 15) is 4.79 Å². The third kappa shape index (κ3) is 6.38. The number of rotatable bonds is 5. The van der Waals surface area contributed by atoms with Gasteiger partial charge in [-0.15, -0.1) is 0 Å². The topological polar surface area (TPSA) is 72.5 Å². The maximum Gasteiger partial charge on any atom is 0.305 e. The van der Waals surface area contributed by atoms with Gasteiger partial charge in [0.1, 0.15) is 0 Å². The van der Waals surface area contributed by atoms with Crippen LogP contribution in [-0.4, -0.2) is 25.3 Å². The van der Waals surface area contributed by atoms with Crippen LogP contribution in [0.25, 0.3) is 5.70 Å². The first-order valence-electron chi connectivity index (χ1n) is 6.58. The summed E-state index contributed by atoms with van der Waals surface area (Å²) in [7, 11) is 2.42. The van der Waals surface area contributed by atoms with Crippen molar-refractivity contribution < 1.29 is 14.6 Å². The van der Waals surface area contributed by atoms with E-state index in [0.717, 1.165) is 36.8 Å². The minimum absolute atomic E-state index is 0.152. The smallest absolute Gasteiger partial charge is 0.305 e. The Hall–Kier alpha value is -1.81. The number of nitrogens with two attached hydrogens (primary N) is 1. The third-order valence-electron chi connectivity index (χ3n) is 2.88. The van der Waals surface area contributed by atoms with Crippen LogP contribution in [0.2, 0.25) is 0 Å². The van der Waals surface area contributed by atoms with Crippen LogP contribution in [0.4, 0.5) is 0 Å². The number of hydrogen-bond donors (Lipinski definition) is 2. The Kier molecular flexibility index (Phi) is 9.13. The molecule has 0 radical (unpaired) electrons. The number of carbonyl (C=O) groups is 1. The highest BCUT2D eigenvalue weighted by atomic mass is 16.5. The average Bonchev–Trinajstić information content (AvgIpc) is 2.49. The minimum atomic E-state index is -0.152. The number of carbonyl (C=O) groups excluding carboxylic acids is 1. The summed E-state index contributed by atoms with van der Waals surface area (Å²) < 4.78 is 4.60. The summed E-state index contributed by atoms with van der Waals surface area (Å²) in [5.74, 6) is -0.152. The monoisotopic (exact) mass is 279 g/mol. The zero-order valence-electron chi connectivity index (χ0n) is 12.8. The van der Waals surface area contributed by atoms with Crippen molar-refractivity contribution >= 4 is 11.7 Å². The van der Waals surface area contributed by atoms with E-state index >= 15 is 0 Å². The Bertz CT molecular complexity index is 432. The van der Waals surface area contributed by atoms with Crippen LogP contribution in [-0.2, 0) is 16.0 Å². The van der Waals surface area contributed by atoms with Crippen LogP contribution in [0.5, 0.6) is 0 Å². The molecule has 0 spiro atoms. The van der Waals surface area contributed by atoms with Crippen LogP contribution in [0.3, 0.4) is 0 Å². The quantitative estimate of drug-likeness (QED) is 0.812. The summed E-state index contributed by atoms with van der Waals surface area (Å²) >= 11 is 0. The number of methoxy groups -OCH3 is 1. The van der Waals surface area contributed by atoms with Crippen molar-refractivity contribution in [1.82, 2.24) is 0 Å². The van der Waals surface area contributed by atoms with Crippen molar-refractivity contribution in [3.63, 3.8) is 0 Å². The molecule has 0 aliphatic carbocycles. The number of esters is 1. The lowest BCUT2D eigenvalue weighted by Gasteiger charge is -2.06. The molecule has 1 aromatic rings. The molecule has 4 heteroatoms. The zero-order valence-corrected chi connectivity index (χ0v) is 12.8. The molecule has 20 heavy (non-hydrogen) atoms. The molecule has 0 aromatic heterocycles. The van der Waals surface area contributed by atoms with Gasteiger partial charge in [-0.25, -0.2) is 0 Å². The lowest BCUT2D eigenvalue weighted by atomic mass is 10.0. The molecule has 0 saturated carbocycles. The Morgan fingerprint density at radius 1 is 1.20 bits per heavy atom. The zero-order chi connectivity index (χ0) is 15.5. The first kappa shape index (κ1) is 18.2. The molecule has 112 valence electrons. The summed E-state index contributed by atoms with van der Waals surface area (Å²) in [6, 6.07) is 8.16. The van der Waals surface area contributed by atoms with Crippen molar-refractivity contribution in [2.45, 2.75) is 33.1 Å². The van der Waals surface area contributed by atoms with E-state index in [1.54, 1.807) is 0 Å². The Morgan fingerprint density at radius 2 is 1.75 bits per heavy atom. The van der Waals surface area contributed by atoms with Crippen molar-refractivity contribution in [3.8, 4) is 0 Å².